The van der Waals surface area contributed by atoms with Gasteiger partial charge < -0.3 is 14.4 Å². The molecule has 0 spiro atoms. The summed E-state index contributed by atoms with van der Waals surface area (Å²) in [6, 6.07) is 2.63. The minimum Gasteiger partial charge on any atom is -0.467 e. The highest BCUT2D eigenvalue weighted by molar-refractivity contribution is 5.63. The Kier molecular flexibility index (Phi) is 3.98. The van der Waals surface area contributed by atoms with Gasteiger partial charge in [0.2, 0.25) is 0 Å². The predicted molar refractivity (Wildman–Crippen MR) is 83.2 cm³/mol. The molecule has 3 rings (SSSR count). The lowest BCUT2D eigenvalue weighted by atomic mass is 10.2. The van der Waals surface area contributed by atoms with Gasteiger partial charge in [0.1, 0.15) is 5.82 Å². The highest BCUT2D eigenvalue weighted by Gasteiger charge is 2.22. The third-order valence-electron chi connectivity index (χ3n) is 3.90. The van der Waals surface area contributed by atoms with Crippen LogP contribution < -0.4 is 9.64 Å². The number of hydrogen-bond donors (Lipinski definition) is 0. The van der Waals surface area contributed by atoms with Crippen molar-refractivity contribution in [2.45, 2.75) is 19.9 Å². The van der Waals surface area contributed by atoms with Crippen molar-refractivity contribution in [1.82, 2.24) is 19.7 Å². The largest absolute Gasteiger partial charge is 0.467 e. The van der Waals surface area contributed by atoms with Gasteiger partial charge in [-0.1, -0.05) is 0 Å². The zero-order valence-corrected chi connectivity index (χ0v) is 13.4. The van der Waals surface area contributed by atoms with Crippen molar-refractivity contribution < 1.29 is 9.47 Å². The van der Waals surface area contributed by atoms with Gasteiger partial charge in [-0.2, -0.15) is 15.1 Å². The Hall–Kier alpha value is -2.15. The second-order valence-electron chi connectivity index (χ2n) is 5.52. The van der Waals surface area contributed by atoms with Crippen LogP contribution in [-0.4, -0.2) is 52.7 Å². The molecule has 0 bridgehead atoms. The minimum absolute atomic E-state index is 0.272. The average Bonchev–Trinajstić information content (AvgIpc) is 2.86. The summed E-state index contributed by atoms with van der Waals surface area (Å²) in [7, 11) is 3.50. The third-order valence-corrected chi connectivity index (χ3v) is 3.90. The van der Waals surface area contributed by atoms with Crippen LogP contribution in [0.4, 0.5) is 5.82 Å². The lowest BCUT2D eigenvalue weighted by Crippen LogP contribution is -2.44. The fourth-order valence-electron chi connectivity index (χ4n) is 2.76. The number of anilines is 1. The van der Waals surface area contributed by atoms with E-state index in [-0.39, 0.29) is 6.04 Å². The number of nitrogens with zero attached hydrogens (tertiary/aromatic N) is 5. The minimum atomic E-state index is 0.272. The van der Waals surface area contributed by atoms with Crippen LogP contribution in [0.5, 0.6) is 6.01 Å². The molecule has 7 heteroatoms. The molecule has 1 aliphatic heterocycles. The zero-order valence-electron chi connectivity index (χ0n) is 13.4. The van der Waals surface area contributed by atoms with Gasteiger partial charge in [-0.25, -0.2) is 0 Å². The van der Waals surface area contributed by atoms with Crippen LogP contribution in [0, 0.1) is 6.92 Å². The van der Waals surface area contributed by atoms with Gasteiger partial charge in [-0.05, 0) is 19.4 Å². The van der Waals surface area contributed by atoms with E-state index in [1.807, 2.05) is 30.9 Å². The molecule has 1 aliphatic rings. The first-order chi connectivity index (χ1) is 10.6. The van der Waals surface area contributed by atoms with E-state index in [1.165, 1.54) is 0 Å². The van der Waals surface area contributed by atoms with Crippen LogP contribution in [0.1, 0.15) is 12.5 Å². The van der Waals surface area contributed by atoms with Gasteiger partial charge in [-0.3, -0.25) is 4.68 Å². The standard InChI is InChI=1S/C15H21N5O2/c1-10-8-16-19(3)14(10)12-7-13(18-15(17-12)21-4)20-5-6-22-9-11(20)2/h7-8,11H,5-6,9H2,1-4H3/t11-/m1/s1. The number of hydrogen-bond acceptors (Lipinski definition) is 6. The van der Waals surface area contributed by atoms with E-state index in [9.17, 15) is 0 Å². The molecule has 22 heavy (non-hydrogen) atoms. The lowest BCUT2D eigenvalue weighted by molar-refractivity contribution is 0.0984. The summed E-state index contributed by atoms with van der Waals surface area (Å²) in [4.78, 5) is 11.2. The maximum atomic E-state index is 5.50. The van der Waals surface area contributed by atoms with Gasteiger partial charge in [-0.15, -0.1) is 0 Å². The Labute approximate surface area is 129 Å². The predicted octanol–water partition coefficient (Wildman–Crippen LogP) is 1.42. The van der Waals surface area contributed by atoms with Crippen molar-refractivity contribution >= 4 is 5.82 Å². The summed E-state index contributed by atoms with van der Waals surface area (Å²) in [5.74, 6) is 0.859. The van der Waals surface area contributed by atoms with Gasteiger partial charge in [0.25, 0.3) is 0 Å². The first kappa shape index (κ1) is 14.8. The fourth-order valence-corrected chi connectivity index (χ4v) is 2.76. The maximum absolute atomic E-state index is 5.50. The Morgan fingerprint density at radius 2 is 2.18 bits per heavy atom. The number of morpholine rings is 1. The molecule has 7 nitrogen and oxygen atoms in total. The monoisotopic (exact) mass is 303 g/mol. The smallest absolute Gasteiger partial charge is 0.318 e. The number of aryl methyl sites for hydroxylation is 2. The Bertz CT molecular complexity index is 650. The summed E-state index contributed by atoms with van der Waals surface area (Å²) in [5.41, 5.74) is 2.87. The van der Waals surface area contributed by atoms with E-state index in [4.69, 9.17) is 9.47 Å². The van der Waals surface area contributed by atoms with Gasteiger partial charge >= 0.3 is 6.01 Å². The van der Waals surface area contributed by atoms with Crippen LogP contribution in [0.2, 0.25) is 0 Å². The second kappa shape index (κ2) is 5.92. The molecule has 1 saturated heterocycles. The second-order valence-corrected chi connectivity index (χ2v) is 5.52. The molecule has 0 saturated carbocycles. The molecule has 0 radical (unpaired) electrons. The van der Waals surface area contributed by atoms with Crippen LogP contribution in [0.3, 0.4) is 0 Å². The first-order valence-corrected chi connectivity index (χ1v) is 7.36. The van der Waals surface area contributed by atoms with Crippen molar-refractivity contribution in [3.63, 3.8) is 0 Å². The SMILES string of the molecule is COc1nc(-c2c(C)cnn2C)cc(N2CCOC[C@H]2C)n1. The van der Waals surface area contributed by atoms with Crippen LogP contribution >= 0.6 is 0 Å². The van der Waals surface area contributed by atoms with Crippen molar-refractivity contribution in [2.24, 2.45) is 7.05 Å². The summed E-state index contributed by atoms with van der Waals surface area (Å²) in [6.07, 6.45) is 1.83. The van der Waals surface area contributed by atoms with E-state index in [2.05, 4.69) is 26.9 Å². The molecule has 3 heterocycles. The fraction of sp³-hybridized carbons (Fsp3) is 0.533. The molecule has 2 aromatic heterocycles. The highest BCUT2D eigenvalue weighted by atomic mass is 16.5. The molecular formula is C15H21N5O2. The Morgan fingerprint density at radius 3 is 2.82 bits per heavy atom. The first-order valence-electron chi connectivity index (χ1n) is 7.36. The lowest BCUT2D eigenvalue weighted by Gasteiger charge is -2.34. The number of ether oxygens (including phenoxy) is 2. The van der Waals surface area contributed by atoms with E-state index < -0.39 is 0 Å². The Morgan fingerprint density at radius 1 is 1.36 bits per heavy atom. The third kappa shape index (κ3) is 2.64. The molecule has 2 aromatic rings. The van der Waals surface area contributed by atoms with Crippen molar-refractivity contribution in [3.8, 4) is 17.4 Å². The quantitative estimate of drug-likeness (QED) is 0.854. The molecule has 0 aliphatic carbocycles. The van der Waals surface area contributed by atoms with Crippen LogP contribution in [-0.2, 0) is 11.8 Å². The summed E-state index contributed by atoms with van der Waals surface area (Å²) >= 11 is 0. The summed E-state index contributed by atoms with van der Waals surface area (Å²) in [6.45, 7) is 6.37. The molecule has 0 unspecified atom stereocenters. The molecule has 0 N–H and O–H groups in total. The molecule has 1 atom stereocenters. The van der Waals surface area contributed by atoms with E-state index in [1.54, 1.807) is 7.11 Å². The summed E-state index contributed by atoms with van der Waals surface area (Å²) in [5, 5.41) is 4.29. The van der Waals surface area contributed by atoms with Gasteiger partial charge in [0.05, 0.1) is 44.0 Å². The Balaban J connectivity index is 2.07. The summed E-state index contributed by atoms with van der Waals surface area (Å²) < 4.78 is 12.6. The van der Waals surface area contributed by atoms with Crippen molar-refractivity contribution in [1.29, 1.82) is 0 Å². The maximum Gasteiger partial charge on any atom is 0.318 e. The van der Waals surface area contributed by atoms with E-state index >= 15 is 0 Å². The molecule has 0 amide bonds. The van der Waals surface area contributed by atoms with E-state index in [0.717, 1.165) is 29.3 Å². The van der Waals surface area contributed by atoms with Gasteiger partial charge in [0.15, 0.2) is 0 Å². The number of methoxy groups -OCH3 is 1. The van der Waals surface area contributed by atoms with Gasteiger partial charge in [0, 0.05) is 19.7 Å². The molecule has 1 fully saturated rings. The van der Waals surface area contributed by atoms with Crippen molar-refractivity contribution in [3.05, 3.63) is 17.8 Å². The number of rotatable bonds is 3. The molecule has 0 aromatic carbocycles. The zero-order chi connectivity index (χ0) is 15.7. The number of aromatic nitrogens is 4. The van der Waals surface area contributed by atoms with Crippen LogP contribution in [0.25, 0.3) is 11.4 Å². The van der Waals surface area contributed by atoms with Crippen molar-refractivity contribution in [2.75, 3.05) is 31.8 Å². The molecule has 118 valence electrons. The van der Waals surface area contributed by atoms with Crippen LogP contribution in [0.15, 0.2) is 12.3 Å². The molecular weight excluding hydrogens is 282 g/mol. The topological polar surface area (TPSA) is 65.3 Å². The van der Waals surface area contributed by atoms with E-state index in [0.29, 0.717) is 19.2 Å². The average molecular weight is 303 g/mol. The highest BCUT2D eigenvalue weighted by Crippen LogP contribution is 2.27. The normalized spacial score (nSPS) is 18.5.